The summed E-state index contributed by atoms with van der Waals surface area (Å²) in [6.07, 6.45) is 1.09. The highest BCUT2D eigenvalue weighted by molar-refractivity contribution is 7.14. The zero-order chi connectivity index (χ0) is 13.0. The molecule has 1 amide bonds. The molecule has 1 aromatic heterocycles. The van der Waals surface area contributed by atoms with Gasteiger partial charge in [0.2, 0.25) is 0 Å². The van der Waals surface area contributed by atoms with Crippen molar-refractivity contribution in [3.05, 3.63) is 21.4 Å². The summed E-state index contributed by atoms with van der Waals surface area (Å²) in [7, 11) is 0. The van der Waals surface area contributed by atoms with E-state index < -0.39 is 18.0 Å². The van der Waals surface area contributed by atoms with Crippen molar-refractivity contribution in [3.8, 4) is 0 Å². The smallest absolute Gasteiger partial charge is 0.349 e. The largest absolute Gasteiger partial charge is 0.448 e. The number of ether oxygens (including phenoxy) is 1. The first-order chi connectivity index (χ1) is 7.95. The van der Waals surface area contributed by atoms with Crippen LogP contribution in [0.2, 0.25) is 0 Å². The number of hydrogen-bond acceptors (Lipinski definition) is 4. The Hall–Kier alpha value is -1.36. The van der Waals surface area contributed by atoms with Gasteiger partial charge in [-0.25, -0.2) is 4.79 Å². The lowest BCUT2D eigenvalue weighted by atomic mass is 10.1. The molecular formula is C12H17NO3S. The number of esters is 1. The van der Waals surface area contributed by atoms with E-state index in [0.717, 1.165) is 23.3 Å². The van der Waals surface area contributed by atoms with Crippen molar-refractivity contribution >= 4 is 23.2 Å². The van der Waals surface area contributed by atoms with Gasteiger partial charge in [-0.05, 0) is 31.9 Å². The fourth-order valence-corrected chi connectivity index (χ4v) is 2.37. The van der Waals surface area contributed by atoms with Crippen LogP contribution in [0.5, 0.6) is 0 Å². The Kier molecular flexibility index (Phi) is 4.69. The van der Waals surface area contributed by atoms with Crippen molar-refractivity contribution < 1.29 is 14.3 Å². The van der Waals surface area contributed by atoms with E-state index in [4.69, 9.17) is 10.5 Å². The quantitative estimate of drug-likeness (QED) is 0.818. The molecule has 2 N–H and O–H groups in total. The molecule has 0 fully saturated rings. The number of thiophene rings is 1. The zero-order valence-corrected chi connectivity index (χ0v) is 11.1. The van der Waals surface area contributed by atoms with Gasteiger partial charge in [0.15, 0.2) is 6.10 Å². The van der Waals surface area contributed by atoms with E-state index in [2.05, 4.69) is 6.92 Å². The third kappa shape index (κ3) is 3.56. The highest BCUT2D eigenvalue weighted by Gasteiger charge is 2.18. The first-order valence-electron chi connectivity index (χ1n) is 5.55. The van der Waals surface area contributed by atoms with Gasteiger partial charge in [0.05, 0.1) is 0 Å². The Bertz CT molecular complexity index is 425. The molecular weight excluding hydrogens is 238 g/mol. The van der Waals surface area contributed by atoms with Gasteiger partial charge in [-0.15, -0.1) is 11.3 Å². The van der Waals surface area contributed by atoms with Crippen LogP contribution in [0, 0.1) is 6.92 Å². The molecule has 0 aromatic carbocycles. The second-order valence-electron chi connectivity index (χ2n) is 3.89. The molecule has 5 heteroatoms. The van der Waals surface area contributed by atoms with Gasteiger partial charge in [-0.2, -0.15) is 0 Å². The second-order valence-corrected chi connectivity index (χ2v) is 5.15. The molecule has 1 heterocycles. The number of primary amides is 1. The maximum atomic E-state index is 11.7. The first kappa shape index (κ1) is 13.7. The van der Waals surface area contributed by atoms with Crippen LogP contribution in [-0.2, 0) is 16.0 Å². The molecule has 4 nitrogen and oxygen atoms in total. The van der Waals surface area contributed by atoms with Crippen LogP contribution in [-0.4, -0.2) is 18.0 Å². The maximum Gasteiger partial charge on any atom is 0.349 e. The van der Waals surface area contributed by atoms with E-state index in [1.807, 2.05) is 13.0 Å². The molecule has 0 spiro atoms. The lowest BCUT2D eigenvalue weighted by Crippen LogP contribution is -2.30. The van der Waals surface area contributed by atoms with Gasteiger partial charge in [-0.3, -0.25) is 4.79 Å². The van der Waals surface area contributed by atoms with E-state index in [-0.39, 0.29) is 0 Å². The summed E-state index contributed by atoms with van der Waals surface area (Å²) < 4.78 is 4.94. The predicted octanol–water partition coefficient (Wildman–Crippen LogP) is 2.04. The average Bonchev–Trinajstić information content (AvgIpc) is 2.61. The number of rotatable bonds is 5. The Labute approximate surface area is 105 Å². The van der Waals surface area contributed by atoms with Crippen LogP contribution in [0.15, 0.2) is 6.07 Å². The van der Waals surface area contributed by atoms with Crippen LogP contribution in [0.25, 0.3) is 0 Å². The molecule has 0 unspecified atom stereocenters. The minimum absolute atomic E-state index is 0.480. The third-order valence-electron chi connectivity index (χ3n) is 2.43. The van der Waals surface area contributed by atoms with E-state index in [1.165, 1.54) is 18.3 Å². The molecule has 0 aliphatic heterocycles. The number of aryl methyl sites for hydroxylation is 2. The van der Waals surface area contributed by atoms with E-state index in [9.17, 15) is 9.59 Å². The minimum Gasteiger partial charge on any atom is -0.448 e. The number of hydrogen-bond donors (Lipinski definition) is 1. The van der Waals surface area contributed by atoms with Gasteiger partial charge >= 0.3 is 5.97 Å². The maximum absolute atomic E-state index is 11.7. The van der Waals surface area contributed by atoms with Crippen LogP contribution in [0.3, 0.4) is 0 Å². The Morgan fingerprint density at radius 2 is 2.18 bits per heavy atom. The highest BCUT2D eigenvalue weighted by Crippen LogP contribution is 2.23. The highest BCUT2D eigenvalue weighted by atomic mass is 32.1. The van der Waals surface area contributed by atoms with Crippen molar-refractivity contribution in [2.24, 2.45) is 5.73 Å². The molecule has 0 saturated carbocycles. The summed E-state index contributed by atoms with van der Waals surface area (Å²) >= 11 is 1.39. The molecule has 0 radical (unpaired) electrons. The Balaban J connectivity index is 2.76. The summed E-state index contributed by atoms with van der Waals surface area (Å²) in [5.41, 5.74) is 6.20. The molecule has 1 rings (SSSR count). The molecule has 0 aliphatic carbocycles. The topological polar surface area (TPSA) is 69.4 Å². The van der Waals surface area contributed by atoms with Crippen molar-refractivity contribution in [1.82, 2.24) is 0 Å². The van der Waals surface area contributed by atoms with Crippen LogP contribution < -0.4 is 5.73 Å². The lowest BCUT2D eigenvalue weighted by molar-refractivity contribution is -0.125. The molecule has 1 atom stereocenters. The molecule has 0 bridgehead atoms. The van der Waals surface area contributed by atoms with Crippen LogP contribution >= 0.6 is 11.3 Å². The summed E-state index contributed by atoms with van der Waals surface area (Å²) in [6.45, 7) is 5.53. The van der Waals surface area contributed by atoms with Crippen LogP contribution in [0.4, 0.5) is 0 Å². The lowest BCUT2D eigenvalue weighted by Gasteiger charge is -2.07. The van der Waals surface area contributed by atoms with Gasteiger partial charge < -0.3 is 10.5 Å². The fraction of sp³-hybridized carbons (Fsp3) is 0.500. The summed E-state index contributed by atoms with van der Waals surface area (Å²) in [5.74, 6) is -1.12. The van der Waals surface area contributed by atoms with Crippen molar-refractivity contribution in [3.63, 3.8) is 0 Å². The standard InChI is InChI=1S/C12H17NO3S/c1-4-5-9-6-10(17-8(9)3)12(15)16-7(2)11(13)14/h6-7H,4-5H2,1-3H3,(H2,13,14)/t7-/m1/s1. The molecule has 0 saturated heterocycles. The Morgan fingerprint density at radius 1 is 1.53 bits per heavy atom. The minimum atomic E-state index is -0.889. The first-order valence-corrected chi connectivity index (χ1v) is 6.37. The van der Waals surface area contributed by atoms with Crippen molar-refractivity contribution in [2.75, 3.05) is 0 Å². The third-order valence-corrected chi connectivity index (χ3v) is 3.50. The van der Waals surface area contributed by atoms with Gasteiger partial charge in [-0.1, -0.05) is 13.3 Å². The number of carbonyl (C=O) groups is 2. The molecule has 17 heavy (non-hydrogen) atoms. The predicted molar refractivity (Wildman–Crippen MR) is 67.1 cm³/mol. The van der Waals surface area contributed by atoms with E-state index >= 15 is 0 Å². The number of amides is 1. The normalized spacial score (nSPS) is 12.2. The second kappa shape index (κ2) is 5.82. The van der Waals surface area contributed by atoms with Gasteiger partial charge in [0.25, 0.3) is 5.91 Å². The summed E-state index contributed by atoms with van der Waals surface area (Å²) in [4.78, 5) is 24.1. The van der Waals surface area contributed by atoms with E-state index in [0.29, 0.717) is 4.88 Å². The fourth-order valence-electron chi connectivity index (χ4n) is 1.41. The number of nitrogens with two attached hydrogens (primary N) is 1. The molecule has 1 aromatic rings. The van der Waals surface area contributed by atoms with Gasteiger partial charge in [0, 0.05) is 4.88 Å². The monoisotopic (exact) mass is 255 g/mol. The molecule has 0 aliphatic rings. The zero-order valence-electron chi connectivity index (χ0n) is 10.3. The Morgan fingerprint density at radius 3 is 2.71 bits per heavy atom. The van der Waals surface area contributed by atoms with Crippen molar-refractivity contribution in [1.29, 1.82) is 0 Å². The summed E-state index contributed by atoms with van der Waals surface area (Å²) in [5, 5.41) is 0. The van der Waals surface area contributed by atoms with E-state index in [1.54, 1.807) is 0 Å². The van der Waals surface area contributed by atoms with Crippen molar-refractivity contribution in [2.45, 2.75) is 39.7 Å². The number of carbonyl (C=O) groups excluding carboxylic acids is 2. The van der Waals surface area contributed by atoms with Gasteiger partial charge in [0.1, 0.15) is 4.88 Å². The SMILES string of the molecule is CCCc1cc(C(=O)O[C@H](C)C(N)=O)sc1C. The summed E-state index contributed by atoms with van der Waals surface area (Å²) in [6, 6.07) is 1.83. The van der Waals surface area contributed by atoms with Crippen LogP contribution in [0.1, 0.15) is 40.4 Å². The average molecular weight is 255 g/mol. The molecule has 94 valence electrons.